The van der Waals surface area contributed by atoms with Crippen molar-refractivity contribution in [3.05, 3.63) is 48.0 Å². The van der Waals surface area contributed by atoms with Gasteiger partial charge in [-0.2, -0.15) is 0 Å². The molecule has 0 unspecified atom stereocenters. The molecule has 0 spiro atoms. The first-order valence-corrected chi connectivity index (χ1v) is 4.68. The summed E-state index contributed by atoms with van der Waals surface area (Å²) in [5.41, 5.74) is 12.0. The predicted molar refractivity (Wildman–Crippen MR) is 60.6 cm³/mol. The summed E-state index contributed by atoms with van der Waals surface area (Å²) in [5, 5.41) is 0. The number of hydrogen-bond donors (Lipinski definition) is 2. The van der Waals surface area contributed by atoms with Gasteiger partial charge in [0.1, 0.15) is 17.3 Å². The van der Waals surface area contributed by atoms with E-state index in [1.165, 1.54) is 12.1 Å². The summed E-state index contributed by atoms with van der Waals surface area (Å²) in [4.78, 5) is 0. The zero-order chi connectivity index (χ0) is 11.7. The third-order valence-electron chi connectivity index (χ3n) is 2.32. The molecule has 0 aliphatic rings. The molecule has 0 saturated heterocycles. The van der Waals surface area contributed by atoms with E-state index in [0.29, 0.717) is 16.8 Å². The summed E-state index contributed by atoms with van der Waals surface area (Å²) in [5.74, 6) is -1.52. The van der Waals surface area contributed by atoms with Gasteiger partial charge >= 0.3 is 0 Å². The zero-order valence-electron chi connectivity index (χ0n) is 8.37. The van der Waals surface area contributed by atoms with Gasteiger partial charge in [0.05, 0.1) is 0 Å². The molecular formula is C12H10F2N2. The molecule has 0 bridgehead atoms. The molecule has 0 fully saturated rings. The molecule has 0 aliphatic carbocycles. The highest BCUT2D eigenvalue weighted by atomic mass is 19.1. The highest BCUT2D eigenvalue weighted by molar-refractivity contribution is 5.67. The first-order valence-electron chi connectivity index (χ1n) is 4.68. The van der Waals surface area contributed by atoms with Crippen molar-refractivity contribution < 1.29 is 8.78 Å². The van der Waals surface area contributed by atoms with Crippen LogP contribution in [-0.2, 0) is 0 Å². The molecule has 0 heterocycles. The maximum absolute atomic E-state index is 13.2. The third kappa shape index (κ3) is 1.82. The van der Waals surface area contributed by atoms with Gasteiger partial charge in [-0.1, -0.05) is 12.1 Å². The average molecular weight is 220 g/mol. The van der Waals surface area contributed by atoms with Crippen molar-refractivity contribution in [3.8, 4) is 11.1 Å². The average Bonchev–Trinajstić information content (AvgIpc) is 2.26. The van der Waals surface area contributed by atoms with Crippen LogP contribution in [0.4, 0.5) is 20.2 Å². The summed E-state index contributed by atoms with van der Waals surface area (Å²) in [6.07, 6.45) is 0. The molecule has 0 amide bonds. The van der Waals surface area contributed by atoms with E-state index in [1.54, 1.807) is 24.3 Å². The van der Waals surface area contributed by atoms with Crippen molar-refractivity contribution in [1.29, 1.82) is 0 Å². The van der Waals surface area contributed by atoms with E-state index in [4.69, 9.17) is 11.5 Å². The Bertz CT molecular complexity index is 498. The summed E-state index contributed by atoms with van der Waals surface area (Å²) >= 11 is 0. The topological polar surface area (TPSA) is 52.0 Å². The molecule has 0 aromatic heterocycles. The van der Waals surface area contributed by atoms with Crippen molar-refractivity contribution in [2.24, 2.45) is 0 Å². The Balaban J connectivity index is 2.52. The smallest absolute Gasteiger partial charge is 0.149 e. The van der Waals surface area contributed by atoms with Crippen LogP contribution in [0.1, 0.15) is 0 Å². The Morgan fingerprint density at radius 2 is 1.25 bits per heavy atom. The molecule has 0 atom stereocenters. The number of nitrogen functional groups attached to an aromatic ring is 2. The van der Waals surface area contributed by atoms with Crippen LogP contribution in [0.15, 0.2) is 36.4 Å². The van der Waals surface area contributed by atoms with Crippen molar-refractivity contribution in [3.63, 3.8) is 0 Å². The second-order valence-electron chi connectivity index (χ2n) is 3.48. The highest BCUT2D eigenvalue weighted by Gasteiger charge is 2.08. The molecule has 4 heteroatoms. The van der Waals surface area contributed by atoms with E-state index in [1.807, 2.05) is 0 Å². The number of benzene rings is 2. The van der Waals surface area contributed by atoms with Gasteiger partial charge in [-0.3, -0.25) is 0 Å². The quantitative estimate of drug-likeness (QED) is 0.726. The van der Waals surface area contributed by atoms with E-state index in [9.17, 15) is 8.78 Å². The predicted octanol–water partition coefficient (Wildman–Crippen LogP) is 2.80. The molecule has 0 aliphatic heterocycles. The largest absolute Gasteiger partial charge is 0.399 e. The highest BCUT2D eigenvalue weighted by Crippen LogP contribution is 2.26. The molecule has 0 saturated carbocycles. The summed E-state index contributed by atoms with van der Waals surface area (Å²) < 4.78 is 26.4. The van der Waals surface area contributed by atoms with Gasteiger partial charge in [0.25, 0.3) is 0 Å². The van der Waals surface area contributed by atoms with Crippen molar-refractivity contribution in [2.75, 3.05) is 11.5 Å². The minimum absolute atomic E-state index is 0.434. The number of hydrogen-bond acceptors (Lipinski definition) is 2. The van der Waals surface area contributed by atoms with E-state index in [0.717, 1.165) is 0 Å². The minimum Gasteiger partial charge on any atom is -0.399 e. The lowest BCUT2D eigenvalue weighted by atomic mass is 10.0. The first-order chi connectivity index (χ1) is 7.58. The summed E-state index contributed by atoms with van der Waals surface area (Å²) in [7, 11) is 0. The second kappa shape index (κ2) is 3.81. The fraction of sp³-hybridized carbons (Fsp3) is 0. The molecule has 2 rings (SSSR count). The Kier molecular flexibility index (Phi) is 2.48. The van der Waals surface area contributed by atoms with Crippen LogP contribution in [0, 0.1) is 11.6 Å². The SMILES string of the molecule is Nc1ccc(-c2cc(F)c(N)c(F)c2)cc1. The maximum atomic E-state index is 13.2. The van der Waals surface area contributed by atoms with Crippen molar-refractivity contribution in [2.45, 2.75) is 0 Å². The molecule has 2 nitrogen and oxygen atoms in total. The van der Waals surface area contributed by atoms with Gasteiger partial charge < -0.3 is 11.5 Å². The van der Waals surface area contributed by atoms with E-state index >= 15 is 0 Å². The Morgan fingerprint density at radius 1 is 0.750 bits per heavy atom. The van der Waals surface area contributed by atoms with Gasteiger partial charge in [-0.25, -0.2) is 8.78 Å². The number of rotatable bonds is 1. The van der Waals surface area contributed by atoms with Crippen LogP contribution in [0.2, 0.25) is 0 Å². The van der Waals surface area contributed by atoms with Crippen LogP contribution in [0.5, 0.6) is 0 Å². The molecule has 16 heavy (non-hydrogen) atoms. The lowest BCUT2D eigenvalue weighted by Gasteiger charge is -2.05. The Morgan fingerprint density at radius 3 is 1.75 bits per heavy atom. The normalized spacial score (nSPS) is 10.4. The van der Waals surface area contributed by atoms with Crippen molar-refractivity contribution in [1.82, 2.24) is 0 Å². The Labute approximate surface area is 91.5 Å². The van der Waals surface area contributed by atoms with Crippen LogP contribution in [0.25, 0.3) is 11.1 Å². The number of anilines is 2. The number of halogens is 2. The number of nitrogens with two attached hydrogens (primary N) is 2. The minimum atomic E-state index is -0.758. The summed E-state index contributed by atoms with van der Waals surface area (Å²) in [6, 6.07) is 9.12. The monoisotopic (exact) mass is 220 g/mol. The zero-order valence-corrected chi connectivity index (χ0v) is 8.37. The molecule has 82 valence electrons. The molecule has 2 aromatic rings. The molecule has 0 radical (unpaired) electrons. The third-order valence-corrected chi connectivity index (χ3v) is 2.32. The van der Waals surface area contributed by atoms with Crippen LogP contribution in [-0.4, -0.2) is 0 Å². The lowest BCUT2D eigenvalue weighted by Crippen LogP contribution is -1.96. The summed E-state index contributed by atoms with van der Waals surface area (Å²) in [6.45, 7) is 0. The molecule has 4 N–H and O–H groups in total. The lowest BCUT2D eigenvalue weighted by molar-refractivity contribution is 0.592. The van der Waals surface area contributed by atoms with Gasteiger partial charge in [-0.05, 0) is 35.4 Å². The molecule has 2 aromatic carbocycles. The van der Waals surface area contributed by atoms with E-state index in [2.05, 4.69) is 0 Å². The van der Waals surface area contributed by atoms with Gasteiger partial charge in [0, 0.05) is 5.69 Å². The fourth-order valence-electron chi connectivity index (χ4n) is 1.43. The van der Waals surface area contributed by atoms with Crippen LogP contribution >= 0.6 is 0 Å². The van der Waals surface area contributed by atoms with E-state index in [-0.39, 0.29) is 0 Å². The Hall–Kier alpha value is -2.10. The van der Waals surface area contributed by atoms with E-state index < -0.39 is 17.3 Å². The fourth-order valence-corrected chi connectivity index (χ4v) is 1.43. The van der Waals surface area contributed by atoms with Gasteiger partial charge in [-0.15, -0.1) is 0 Å². The van der Waals surface area contributed by atoms with Crippen molar-refractivity contribution >= 4 is 11.4 Å². The van der Waals surface area contributed by atoms with Crippen LogP contribution < -0.4 is 11.5 Å². The standard InChI is InChI=1S/C12H10F2N2/c13-10-5-8(6-11(14)12(10)16)7-1-3-9(15)4-2-7/h1-6H,15-16H2. The maximum Gasteiger partial charge on any atom is 0.149 e. The first kappa shape index (κ1) is 10.4. The molecular weight excluding hydrogens is 210 g/mol. The van der Waals surface area contributed by atoms with Crippen LogP contribution in [0.3, 0.4) is 0 Å². The second-order valence-corrected chi connectivity index (χ2v) is 3.48. The van der Waals surface area contributed by atoms with Gasteiger partial charge in [0.15, 0.2) is 0 Å². The van der Waals surface area contributed by atoms with Gasteiger partial charge in [0.2, 0.25) is 0 Å².